The largest absolute Gasteiger partial charge is 0.281 e. The molecule has 0 atom stereocenters. The minimum Gasteiger partial charge on any atom is -0.274 e. The molecule has 4 nitrogen and oxygen atoms in total. The summed E-state index contributed by atoms with van der Waals surface area (Å²) in [7, 11) is 0. The van der Waals surface area contributed by atoms with Crippen LogP contribution in [0.25, 0.3) is 12.2 Å². The number of aromatic nitrogens is 2. The molecular weight excluding hydrogens is 334 g/mol. The standard InChI is InChI=1S/C23H23N3O/c1-3-19(4-2)26-22(15-16-24-26)23(27)25-20-11-7-5-9-17(20)13-14-18-10-6-8-12-21(18)25/h5-16,19H,3-4H2,1-2H3. The number of hydrogen-bond acceptors (Lipinski definition) is 2. The van der Waals surface area contributed by atoms with Gasteiger partial charge < -0.3 is 0 Å². The van der Waals surface area contributed by atoms with Crippen molar-refractivity contribution in [1.82, 2.24) is 9.78 Å². The Kier molecular flexibility index (Phi) is 4.63. The van der Waals surface area contributed by atoms with Gasteiger partial charge in [-0.05, 0) is 42.2 Å². The molecule has 0 saturated heterocycles. The van der Waals surface area contributed by atoms with Crippen molar-refractivity contribution < 1.29 is 4.79 Å². The highest BCUT2D eigenvalue weighted by Gasteiger charge is 2.28. The second-order valence-corrected chi connectivity index (χ2v) is 6.72. The number of anilines is 2. The van der Waals surface area contributed by atoms with Crippen LogP contribution in [0.5, 0.6) is 0 Å². The third kappa shape index (κ3) is 2.97. The summed E-state index contributed by atoms with van der Waals surface area (Å²) in [5.41, 5.74) is 4.45. The number of benzene rings is 2. The van der Waals surface area contributed by atoms with E-state index in [0.29, 0.717) is 5.69 Å². The fourth-order valence-corrected chi connectivity index (χ4v) is 3.72. The van der Waals surface area contributed by atoms with Crippen molar-refractivity contribution >= 4 is 29.4 Å². The highest BCUT2D eigenvalue weighted by molar-refractivity contribution is 6.13. The van der Waals surface area contributed by atoms with Gasteiger partial charge in [0, 0.05) is 6.20 Å². The van der Waals surface area contributed by atoms with Crippen molar-refractivity contribution in [2.45, 2.75) is 32.7 Å². The van der Waals surface area contributed by atoms with E-state index in [4.69, 9.17) is 0 Å². The Bertz CT molecular complexity index is 949. The Morgan fingerprint density at radius 3 is 2.00 bits per heavy atom. The highest BCUT2D eigenvalue weighted by atomic mass is 16.2. The van der Waals surface area contributed by atoms with Crippen molar-refractivity contribution in [2.24, 2.45) is 0 Å². The van der Waals surface area contributed by atoms with Gasteiger partial charge in [-0.15, -0.1) is 0 Å². The van der Waals surface area contributed by atoms with E-state index >= 15 is 0 Å². The Balaban J connectivity index is 1.88. The normalized spacial score (nSPS) is 12.6. The van der Waals surface area contributed by atoms with E-state index in [1.165, 1.54) is 0 Å². The predicted octanol–water partition coefficient (Wildman–Crippen LogP) is 5.71. The fraction of sp³-hybridized carbons (Fsp3) is 0.217. The molecule has 0 unspecified atom stereocenters. The molecular formula is C23H23N3O. The third-order valence-electron chi connectivity index (χ3n) is 5.18. The van der Waals surface area contributed by atoms with E-state index in [1.54, 1.807) is 6.20 Å². The number of carbonyl (C=O) groups excluding carboxylic acids is 1. The Hall–Kier alpha value is -3.14. The second-order valence-electron chi connectivity index (χ2n) is 6.72. The number of hydrogen-bond donors (Lipinski definition) is 0. The molecule has 0 aliphatic carbocycles. The van der Waals surface area contributed by atoms with Gasteiger partial charge in [0.05, 0.1) is 17.4 Å². The van der Waals surface area contributed by atoms with Gasteiger partial charge in [-0.3, -0.25) is 14.4 Å². The summed E-state index contributed by atoms with van der Waals surface area (Å²) >= 11 is 0. The van der Waals surface area contributed by atoms with E-state index in [-0.39, 0.29) is 11.9 Å². The SMILES string of the molecule is CCC(CC)n1nccc1C(=O)N1c2ccccc2C=Cc2ccccc21. The number of amides is 1. The first-order valence-electron chi connectivity index (χ1n) is 9.48. The molecule has 4 rings (SSSR count). The fourth-order valence-electron chi connectivity index (χ4n) is 3.72. The van der Waals surface area contributed by atoms with Gasteiger partial charge in [-0.2, -0.15) is 5.10 Å². The lowest BCUT2D eigenvalue weighted by Gasteiger charge is -2.26. The molecule has 0 saturated carbocycles. The molecule has 0 N–H and O–H groups in total. The van der Waals surface area contributed by atoms with Crippen LogP contribution < -0.4 is 4.90 Å². The summed E-state index contributed by atoms with van der Waals surface area (Å²) in [5.74, 6) is -0.0528. The molecule has 4 heteroatoms. The molecule has 2 aromatic carbocycles. The molecule has 1 amide bonds. The summed E-state index contributed by atoms with van der Waals surface area (Å²) in [6.45, 7) is 4.26. The van der Waals surface area contributed by atoms with Crippen molar-refractivity contribution in [1.29, 1.82) is 0 Å². The summed E-state index contributed by atoms with van der Waals surface area (Å²) in [6.07, 6.45) is 7.74. The number of rotatable bonds is 4. The van der Waals surface area contributed by atoms with Crippen LogP contribution in [0.2, 0.25) is 0 Å². The molecule has 0 spiro atoms. The zero-order chi connectivity index (χ0) is 18.8. The zero-order valence-corrected chi connectivity index (χ0v) is 15.7. The van der Waals surface area contributed by atoms with Gasteiger partial charge in [-0.1, -0.05) is 62.4 Å². The predicted molar refractivity (Wildman–Crippen MR) is 110 cm³/mol. The van der Waals surface area contributed by atoms with Crippen LogP contribution >= 0.6 is 0 Å². The average molecular weight is 357 g/mol. The van der Waals surface area contributed by atoms with Gasteiger partial charge in [-0.25, -0.2) is 0 Å². The van der Waals surface area contributed by atoms with E-state index in [1.807, 2.05) is 64.2 Å². The first-order chi connectivity index (χ1) is 13.2. The Labute approximate surface area is 159 Å². The smallest absolute Gasteiger partial charge is 0.274 e. The molecule has 2 heterocycles. The van der Waals surface area contributed by atoms with Crippen LogP contribution in [0.4, 0.5) is 11.4 Å². The lowest BCUT2D eigenvalue weighted by molar-refractivity contribution is 0.0985. The first kappa shape index (κ1) is 17.3. The Morgan fingerprint density at radius 2 is 1.44 bits per heavy atom. The number of para-hydroxylation sites is 2. The molecule has 1 aliphatic rings. The van der Waals surface area contributed by atoms with Crippen LogP contribution in [0.15, 0.2) is 60.8 Å². The topological polar surface area (TPSA) is 38.1 Å². The number of carbonyl (C=O) groups is 1. The van der Waals surface area contributed by atoms with Crippen molar-refractivity contribution in [3.63, 3.8) is 0 Å². The Morgan fingerprint density at radius 1 is 0.889 bits per heavy atom. The summed E-state index contributed by atoms with van der Waals surface area (Å²) < 4.78 is 1.88. The molecule has 0 radical (unpaired) electrons. The lowest BCUT2D eigenvalue weighted by Crippen LogP contribution is -2.30. The molecule has 1 aromatic heterocycles. The second kappa shape index (κ2) is 7.23. The molecule has 0 fully saturated rings. The number of fused-ring (bicyclic) bond motifs is 2. The van der Waals surface area contributed by atoms with Gasteiger partial charge in [0.15, 0.2) is 0 Å². The maximum absolute atomic E-state index is 13.7. The summed E-state index contributed by atoms with van der Waals surface area (Å²) in [5, 5.41) is 4.46. The molecule has 0 bridgehead atoms. The lowest BCUT2D eigenvalue weighted by atomic mass is 10.1. The number of nitrogens with zero attached hydrogens (tertiary/aromatic N) is 3. The van der Waals surface area contributed by atoms with Crippen molar-refractivity contribution in [3.05, 3.63) is 77.6 Å². The van der Waals surface area contributed by atoms with Crippen LogP contribution in [-0.2, 0) is 0 Å². The van der Waals surface area contributed by atoms with E-state index in [9.17, 15) is 4.79 Å². The van der Waals surface area contributed by atoms with Crippen LogP contribution in [-0.4, -0.2) is 15.7 Å². The van der Waals surface area contributed by atoms with E-state index in [2.05, 4.69) is 31.1 Å². The quantitative estimate of drug-likeness (QED) is 0.600. The van der Waals surface area contributed by atoms with Gasteiger partial charge in [0.25, 0.3) is 5.91 Å². The monoisotopic (exact) mass is 357 g/mol. The molecule has 136 valence electrons. The van der Waals surface area contributed by atoms with Gasteiger partial charge in [0.1, 0.15) is 5.69 Å². The minimum atomic E-state index is -0.0528. The maximum Gasteiger partial charge on any atom is 0.281 e. The summed E-state index contributed by atoms with van der Waals surface area (Å²) in [6, 6.07) is 18.0. The summed E-state index contributed by atoms with van der Waals surface area (Å²) in [4.78, 5) is 15.6. The molecule has 1 aliphatic heterocycles. The molecule has 3 aromatic rings. The highest BCUT2D eigenvalue weighted by Crippen LogP contribution is 2.37. The van der Waals surface area contributed by atoms with Crippen LogP contribution in [0.1, 0.15) is 54.3 Å². The average Bonchev–Trinajstić information content (AvgIpc) is 3.12. The van der Waals surface area contributed by atoms with Crippen LogP contribution in [0, 0.1) is 0 Å². The van der Waals surface area contributed by atoms with Crippen molar-refractivity contribution in [2.75, 3.05) is 4.90 Å². The van der Waals surface area contributed by atoms with E-state index in [0.717, 1.165) is 35.3 Å². The third-order valence-corrected chi connectivity index (χ3v) is 5.18. The van der Waals surface area contributed by atoms with Gasteiger partial charge in [0.2, 0.25) is 0 Å². The van der Waals surface area contributed by atoms with Crippen molar-refractivity contribution in [3.8, 4) is 0 Å². The maximum atomic E-state index is 13.7. The van der Waals surface area contributed by atoms with Gasteiger partial charge >= 0.3 is 0 Å². The molecule has 27 heavy (non-hydrogen) atoms. The van der Waals surface area contributed by atoms with E-state index < -0.39 is 0 Å². The minimum absolute atomic E-state index is 0.0528. The van der Waals surface area contributed by atoms with Crippen LogP contribution in [0.3, 0.4) is 0 Å². The zero-order valence-electron chi connectivity index (χ0n) is 15.7. The first-order valence-corrected chi connectivity index (χ1v) is 9.48.